The Hall–Kier alpha value is -1.07. The molecule has 130 valence electrons. The van der Waals surface area contributed by atoms with Crippen LogP contribution in [0, 0.1) is 5.92 Å². The predicted molar refractivity (Wildman–Crippen MR) is 97.5 cm³/mol. The second kappa shape index (κ2) is 7.22. The molecule has 0 unspecified atom stereocenters. The molecule has 1 heterocycles. The van der Waals surface area contributed by atoms with Crippen LogP contribution < -0.4 is 5.32 Å². The van der Waals surface area contributed by atoms with Gasteiger partial charge in [-0.3, -0.25) is 0 Å². The summed E-state index contributed by atoms with van der Waals surface area (Å²) < 4.78 is 24.2. The lowest BCUT2D eigenvalue weighted by molar-refractivity contribution is 0.145. The molecule has 0 radical (unpaired) electrons. The predicted octanol–water partition coefficient (Wildman–Crippen LogP) is 3.15. The van der Waals surface area contributed by atoms with E-state index in [1.165, 1.54) is 0 Å². The van der Waals surface area contributed by atoms with Crippen LogP contribution in [0.2, 0.25) is 0 Å². The fraction of sp³-hybridized carbons (Fsp3) is 0.667. The van der Waals surface area contributed by atoms with Gasteiger partial charge in [0.15, 0.2) is 9.84 Å². The van der Waals surface area contributed by atoms with Gasteiger partial charge < -0.3 is 10.2 Å². The van der Waals surface area contributed by atoms with Crippen molar-refractivity contribution in [1.29, 1.82) is 0 Å². The summed E-state index contributed by atoms with van der Waals surface area (Å²) in [5.41, 5.74) is 1.88. The minimum atomic E-state index is -3.06. The summed E-state index contributed by atoms with van der Waals surface area (Å²) in [7, 11) is -0.887. The van der Waals surface area contributed by atoms with Crippen LogP contribution in [0.1, 0.15) is 39.7 Å². The highest BCUT2D eigenvalue weighted by atomic mass is 32.2. The van der Waals surface area contributed by atoms with E-state index in [4.69, 9.17) is 0 Å². The second-order valence-electron chi connectivity index (χ2n) is 7.31. The van der Waals surface area contributed by atoms with Crippen molar-refractivity contribution in [1.82, 2.24) is 4.90 Å². The van der Waals surface area contributed by atoms with Crippen LogP contribution in [-0.4, -0.2) is 44.2 Å². The maximum Gasteiger partial charge on any atom is 0.156 e. The summed E-state index contributed by atoms with van der Waals surface area (Å²) in [6.45, 7) is 9.08. The highest BCUT2D eigenvalue weighted by Gasteiger charge is 2.28. The van der Waals surface area contributed by atoms with Crippen molar-refractivity contribution in [3.63, 3.8) is 0 Å². The average molecular weight is 339 g/mol. The Morgan fingerprint density at radius 3 is 2.65 bits per heavy atom. The van der Waals surface area contributed by atoms with Crippen molar-refractivity contribution in [2.24, 2.45) is 5.92 Å². The molecular weight excluding hydrogens is 308 g/mol. The van der Waals surface area contributed by atoms with Crippen LogP contribution in [-0.2, 0) is 15.6 Å². The van der Waals surface area contributed by atoms with Gasteiger partial charge in [0.1, 0.15) is 0 Å². The molecule has 0 amide bonds. The van der Waals surface area contributed by atoms with E-state index in [1.807, 2.05) is 24.3 Å². The molecule has 3 atom stereocenters. The Morgan fingerprint density at radius 2 is 2.00 bits per heavy atom. The van der Waals surface area contributed by atoms with Gasteiger partial charge in [-0.05, 0) is 57.9 Å². The maximum atomic E-state index is 12.1. The van der Waals surface area contributed by atoms with Gasteiger partial charge in [-0.1, -0.05) is 19.1 Å². The number of hydrogen-bond acceptors (Lipinski definition) is 4. The molecule has 0 saturated carbocycles. The molecule has 1 aromatic carbocycles. The van der Waals surface area contributed by atoms with Crippen LogP contribution in [0.5, 0.6) is 0 Å². The molecule has 0 bridgehead atoms. The molecule has 23 heavy (non-hydrogen) atoms. The van der Waals surface area contributed by atoms with E-state index >= 15 is 0 Å². The molecule has 1 fully saturated rings. The number of likely N-dealkylation sites (tertiary alicyclic amines) is 1. The van der Waals surface area contributed by atoms with Gasteiger partial charge in [0.25, 0.3) is 0 Å². The van der Waals surface area contributed by atoms with Crippen molar-refractivity contribution in [2.75, 3.05) is 18.9 Å². The summed E-state index contributed by atoms with van der Waals surface area (Å²) >= 11 is 0. The largest absolute Gasteiger partial charge is 0.382 e. The highest BCUT2D eigenvalue weighted by Crippen LogP contribution is 2.25. The number of hydrogen-bond donors (Lipinski definition) is 1. The number of nitrogens with zero attached hydrogens (tertiary/aromatic N) is 1. The number of rotatable bonds is 5. The first-order valence-electron chi connectivity index (χ1n) is 8.46. The van der Waals surface area contributed by atoms with E-state index in [0.717, 1.165) is 24.2 Å². The fourth-order valence-electron chi connectivity index (χ4n) is 3.11. The van der Waals surface area contributed by atoms with E-state index in [1.54, 1.807) is 13.8 Å². The topological polar surface area (TPSA) is 49.4 Å². The lowest BCUT2D eigenvalue weighted by Gasteiger charge is -2.40. The smallest absolute Gasteiger partial charge is 0.156 e. The van der Waals surface area contributed by atoms with Gasteiger partial charge in [-0.25, -0.2) is 8.42 Å². The first-order chi connectivity index (χ1) is 10.7. The highest BCUT2D eigenvalue weighted by molar-refractivity contribution is 7.91. The van der Waals surface area contributed by atoms with Gasteiger partial charge in [-0.2, -0.15) is 0 Å². The molecule has 0 aromatic heterocycles. The van der Waals surface area contributed by atoms with Crippen molar-refractivity contribution in [3.8, 4) is 0 Å². The van der Waals surface area contributed by atoms with Crippen LogP contribution in [0.3, 0.4) is 0 Å². The third kappa shape index (κ3) is 4.70. The molecule has 0 spiro atoms. The van der Waals surface area contributed by atoms with Crippen molar-refractivity contribution in [2.45, 2.75) is 57.2 Å². The van der Waals surface area contributed by atoms with E-state index in [2.05, 4.69) is 31.1 Å². The molecule has 5 heteroatoms. The van der Waals surface area contributed by atoms with E-state index in [9.17, 15) is 8.42 Å². The van der Waals surface area contributed by atoms with Crippen molar-refractivity contribution < 1.29 is 8.42 Å². The van der Waals surface area contributed by atoms with Gasteiger partial charge in [0.2, 0.25) is 0 Å². The first-order valence-corrected chi connectivity index (χ1v) is 10.2. The molecule has 1 N–H and O–H groups in total. The minimum absolute atomic E-state index is 0.111. The third-order valence-electron chi connectivity index (χ3n) is 4.98. The van der Waals surface area contributed by atoms with E-state index < -0.39 is 9.84 Å². The molecule has 2 rings (SSSR count). The third-order valence-corrected chi connectivity index (χ3v) is 7.15. The molecular formula is C18H30N2O2S. The Labute approximate surface area is 141 Å². The SMILES string of the molecule is CC(C)S(=O)(=O)Cc1cccc(N[C@H]2C[C@H](C)N(C)C[C@H]2C)c1. The Kier molecular flexibility index (Phi) is 5.74. The fourth-order valence-corrected chi connectivity index (χ4v) is 4.08. The Bertz CT molecular complexity index is 628. The minimum Gasteiger partial charge on any atom is -0.382 e. The lowest BCUT2D eigenvalue weighted by atomic mass is 9.89. The number of sulfone groups is 1. The first kappa shape index (κ1) is 18.3. The number of nitrogens with one attached hydrogen (secondary N) is 1. The zero-order valence-corrected chi connectivity index (χ0v) is 15.7. The van der Waals surface area contributed by atoms with Crippen molar-refractivity contribution in [3.05, 3.63) is 29.8 Å². The van der Waals surface area contributed by atoms with E-state index in [-0.39, 0.29) is 11.0 Å². The molecule has 0 aliphatic carbocycles. The summed E-state index contributed by atoms with van der Waals surface area (Å²) in [4.78, 5) is 2.40. The summed E-state index contributed by atoms with van der Waals surface area (Å²) in [5.74, 6) is 0.679. The zero-order chi connectivity index (χ0) is 17.2. The normalized spacial score (nSPS) is 26.4. The maximum absolute atomic E-state index is 12.1. The lowest BCUT2D eigenvalue weighted by Crippen LogP contribution is -2.48. The average Bonchev–Trinajstić information content (AvgIpc) is 2.44. The van der Waals surface area contributed by atoms with E-state index in [0.29, 0.717) is 18.0 Å². The summed E-state index contributed by atoms with van der Waals surface area (Å²) in [5, 5.41) is 3.28. The van der Waals surface area contributed by atoms with Crippen LogP contribution in [0.4, 0.5) is 5.69 Å². The van der Waals surface area contributed by atoms with Crippen molar-refractivity contribution >= 4 is 15.5 Å². The molecule has 4 nitrogen and oxygen atoms in total. The van der Waals surface area contributed by atoms with Crippen LogP contribution in [0.15, 0.2) is 24.3 Å². The number of anilines is 1. The quantitative estimate of drug-likeness (QED) is 0.896. The molecule has 1 aliphatic heterocycles. The number of piperidine rings is 1. The standard InChI is InChI=1S/C18H30N2O2S/c1-13(2)23(21,22)12-16-7-6-8-17(10-16)19-18-9-15(4)20(5)11-14(18)3/h6-8,10,13-15,18-19H,9,11-12H2,1-5H3/t14-,15+,18+/m1/s1. The monoisotopic (exact) mass is 338 g/mol. The van der Waals surface area contributed by atoms with Gasteiger partial charge in [0.05, 0.1) is 11.0 Å². The molecule has 1 aromatic rings. The Morgan fingerprint density at radius 1 is 1.30 bits per heavy atom. The van der Waals surface area contributed by atoms with Crippen LogP contribution >= 0.6 is 0 Å². The summed E-state index contributed by atoms with van der Waals surface area (Å²) in [6.07, 6.45) is 1.10. The molecule has 1 aliphatic rings. The zero-order valence-electron chi connectivity index (χ0n) is 14.9. The van der Waals surface area contributed by atoms with Gasteiger partial charge in [0, 0.05) is 24.3 Å². The number of benzene rings is 1. The van der Waals surface area contributed by atoms with Gasteiger partial charge >= 0.3 is 0 Å². The molecule has 1 saturated heterocycles. The summed E-state index contributed by atoms with van der Waals surface area (Å²) in [6, 6.07) is 8.84. The van der Waals surface area contributed by atoms with Crippen LogP contribution in [0.25, 0.3) is 0 Å². The Balaban J connectivity index is 2.08. The second-order valence-corrected chi connectivity index (χ2v) is 9.87. The van der Waals surface area contributed by atoms with Gasteiger partial charge in [-0.15, -0.1) is 0 Å².